The number of rotatable bonds is 4. The van der Waals surface area contributed by atoms with Gasteiger partial charge in [0.1, 0.15) is 12.5 Å². The molecule has 0 N–H and O–H groups in total. The van der Waals surface area contributed by atoms with Gasteiger partial charge in [-0.2, -0.15) is 0 Å². The third-order valence-electron chi connectivity index (χ3n) is 5.94. The summed E-state index contributed by atoms with van der Waals surface area (Å²) in [4.78, 5) is 31.2. The van der Waals surface area contributed by atoms with Crippen LogP contribution in [0.4, 0.5) is 0 Å². The summed E-state index contributed by atoms with van der Waals surface area (Å²) in [5.74, 6) is -1.20. The summed E-state index contributed by atoms with van der Waals surface area (Å²) < 4.78 is 5.69. The smallest absolute Gasteiger partial charge is 0.315 e. The van der Waals surface area contributed by atoms with Crippen molar-refractivity contribution in [2.45, 2.75) is 46.1 Å². The summed E-state index contributed by atoms with van der Waals surface area (Å²) in [6.45, 7) is 6.27. The van der Waals surface area contributed by atoms with Crippen LogP contribution in [0.3, 0.4) is 0 Å². The molecule has 0 radical (unpaired) electrons. The number of nitrogens with zero attached hydrogens (tertiary/aromatic N) is 1. The van der Waals surface area contributed by atoms with Gasteiger partial charge in [0.05, 0.1) is 0 Å². The van der Waals surface area contributed by atoms with Crippen molar-refractivity contribution in [2.24, 2.45) is 16.3 Å². The molecule has 0 spiro atoms. The second-order valence-corrected chi connectivity index (χ2v) is 9.01. The molecule has 4 rings (SSSR count). The van der Waals surface area contributed by atoms with Crippen LogP contribution in [-0.2, 0) is 20.9 Å². The standard InChI is InChI=1S/C26H27NO3/c1-17-22(25(29)30-16-18-10-6-4-7-11-18)23(19-12-8-5-9-13-19)24-20(27-17)14-26(2,3)15-21(24)28/h4-13,22-23H,14-16H2,1-3H3/t22?,23-/m1/s1. The minimum atomic E-state index is -0.597. The van der Waals surface area contributed by atoms with Crippen LogP contribution in [0.25, 0.3) is 0 Å². The fourth-order valence-corrected chi connectivity index (χ4v) is 4.59. The summed E-state index contributed by atoms with van der Waals surface area (Å²) in [5.41, 5.74) is 3.99. The quantitative estimate of drug-likeness (QED) is 0.658. The molecule has 30 heavy (non-hydrogen) atoms. The number of carbonyl (C=O) groups is 2. The van der Waals surface area contributed by atoms with Gasteiger partial charge < -0.3 is 4.74 Å². The second-order valence-electron chi connectivity index (χ2n) is 9.01. The van der Waals surface area contributed by atoms with Crippen molar-refractivity contribution in [1.29, 1.82) is 0 Å². The molecular formula is C26H27NO3. The van der Waals surface area contributed by atoms with E-state index in [0.717, 1.165) is 23.2 Å². The third-order valence-corrected chi connectivity index (χ3v) is 5.94. The van der Waals surface area contributed by atoms with Crippen molar-refractivity contribution < 1.29 is 14.3 Å². The number of aliphatic imine (C=N–C) groups is 1. The zero-order valence-corrected chi connectivity index (χ0v) is 17.7. The molecule has 154 valence electrons. The lowest BCUT2D eigenvalue weighted by molar-refractivity contribution is -0.148. The number of hydrogen-bond donors (Lipinski definition) is 0. The molecule has 1 heterocycles. The van der Waals surface area contributed by atoms with Crippen molar-refractivity contribution >= 4 is 17.5 Å². The van der Waals surface area contributed by atoms with Gasteiger partial charge in [-0.25, -0.2) is 0 Å². The zero-order valence-electron chi connectivity index (χ0n) is 17.7. The molecule has 1 aliphatic carbocycles. The molecular weight excluding hydrogens is 374 g/mol. The van der Waals surface area contributed by atoms with Crippen LogP contribution >= 0.6 is 0 Å². The molecule has 2 atom stereocenters. The zero-order chi connectivity index (χ0) is 21.3. The Kier molecular flexibility index (Phi) is 5.42. The van der Waals surface area contributed by atoms with E-state index in [4.69, 9.17) is 9.73 Å². The highest BCUT2D eigenvalue weighted by molar-refractivity contribution is 6.09. The average molecular weight is 402 g/mol. The summed E-state index contributed by atoms with van der Waals surface area (Å²) in [6, 6.07) is 19.4. The Labute approximate surface area is 177 Å². The first-order valence-electron chi connectivity index (χ1n) is 10.4. The molecule has 4 heteroatoms. The Hall–Kier alpha value is -3.01. The van der Waals surface area contributed by atoms with Gasteiger partial charge in [0.15, 0.2) is 5.78 Å². The minimum absolute atomic E-state index is 0.0900. The average Bonchev–Trinajstić information content (AvgIpc) is 2.71. The van der Waals surface area contributed by atoms with Gasteiger partial charge in [0.25, 0.3) is 0 Å². The first kappa shape index (κ1) is 20.3. The maximum Gasteiger partial charge on any atom is 0.315 e. The predicted molar refractivity (Wildman–Crippen MR) is 117 cm³/mol. The number of ether oxygens (including phenoxy) is 1. The SMILES string of the molecule is CC1=NC2=C(C(=O)CC(C)(C)C2)[C@H](c2ccccc2)C1C(=O)OCc1ccccc1. The van der Waals surface area contributed by atoms with Crippen LogP contribution in [0.15, 0.2) is 76.9 Å². The number of benzene rings is 2. The fraction of sp³-hybridized carbons (Fsp3) is 0.346. The monoisotopic (exact) mass is 401 g/mol. The highest BCUT2D eigenvalue weighted by Crippen LogP contribution is 2.47. The van der Waals surface area contributed by atoms with Crippen molar-refractivity contribution in [3.05, 3.63) is 83.1 Å². The van der Waals surface area contributed by atoms with Crippen LogP contribution in [0, 0.1) is 11.3 Å². The van der Waals surface area contributed by atoms with Gasteiger partial charge in [-0.3, -0.25) is 14.6 Å². The lowest BCUT2D eigenvalue weighted by atomic mass is 9.67. The summed E-state index contributed by atoms with van der Waals surface area (Å²) in [5, 5.41) is 0. The molecule has 0 bridgehead atoms. The normalized spacial score (nSPS) is 22.9. The number of ketones is 1. The Balaban J connectivity index is 1.71. The first-order valence-corrected chi connectivity index (χ1v) is 10.4. The van der Waals surface area contributed by atoms with E-state index in [1.165, 1.54) is 0 Å². The van der Waals surface area contributed by atoms with Crippen LogP contribution in [0.2, 0.25) is 0 Å². The van der Waals surface area contributed by atoms with E-state index >= 15 is 0 Å². The van der Waals surface area contributed by atoms with E-state index in [0.29, 0.717) is 17.7 Å². The van der Waals surface area contributed by atoms with Crippen molar-refractivity contribution in [3.63, 3.8) is 0 Å². The van der Waals surface area contributed by atoms with E-state index < -0.39 is 5.92 Å². The summed E-state index contributed by atoms with van der Waals surface area (Å²) in [6.07, 6.45) is 1.20. The fourth-order valence-electron chi connectivity index (χ4n) is 4.59. The van der Waals surface area contributed by atoms with Gasteiger partial charge in [0.2, 0.25) is 0 Å². The molecule has 0 saturated heterocycles. The highest BCUT2D eigenvalue weighted by atomic mass is 16.5. The molecule has 0 aromatic heterocycles. The third kappa shape index (κ3) is 4.00. The predicted octanol–water partition coefficient (Wildman–Crippen LogP) is 5.25. The Morgan fingerprint density at radius 2 is 1.67 bits per heavy atom. The number of esters is 1. The minimum Gasteiger partial charge on any atom is -0.460 e. The maximum atomic E-state index is 13.2. The van der Waals surface area contributed by atoms with Gasteiger partial charge in [-0.1, -0.05) is 74.5 Å². The molecule has 2 aromatic carbocycles. The summed E-state index contributed by atoms with van der Waals surface area (Å²) >= 11 is 0. The van der Waals surface area contributed by atoms with Crippen LogP contribution in [-0.4, -0.2) is 17.5 Å². The van der Waals surface area contributed by atoms with E-state index in [9.17, 15) is 9.59 Å². The number of Topliss-reactive ketones (excluding diaryl/α,β-unsaturated/α-hetero) is 1. The van der Waals surface area contributed by atoms with Crippen LogP contribution < -0.4 is 0 Å². The van der Waals surface area contributed by atoms with Crippen molar-refractivity contribution in [3.8, 4) is 0 Å². The van der Waals surface area contributed by atoms with Crippen molar-refractivity contribution in [1.82, 2.24) is 0 Å². The topological polar surface area (TPSA) is 55.7 Å². The van der Waals surface area contributed by atoms with Gasteiger partial charge in [0, 0.05) is 29.3 Å². The lowest BCUT2D eigenvalue weighted by Gasteiger charge is -2.39. The molecule has 2 aromatic rings. The summed E-state index contributed by atoms with van der Waals surface area (Å²) in [7, 11) is 0. The molecule has 0 amide bonds. The van der Waals surface area contributed by atoms with Crippen molar-refractivity contribution in [2.75, 3.05) is 0 Å². The van der Waals surface area contributed by atoms with Gasteiger partial charge in [-0.15, -0.1) is 0 Å². The van der Waals surface area contributed by atoms with E-state index in [1.54, 1.807) is 0 Å². The largest absolute Gasteiger partial charge is 0.460 e. The molecule has 1 unspecified atom stereocenters. The van der Waals surface area contributed by atoms with Crippen LogP contribution in [0.1, 0.15) is 50.7 Å². The lowest BCUT2D eigenvalue weighted by Crippen LogP contribution is -2.39. The maximum absolute atomic E-state index is 13.2. The number of carbonyl (C=O) groups excluding carboxylic acids is 2. The molecule has 0 fully saturated rings. The highest BCUT2D eigenvalue weighted by Gasteiger charge is 2.45. The van der Waals surface area contributed by atoms with E-state index in [1.807, 2.05) is 67.6 Å². The Morgan fingerprint density at radius 1 is 1.03 bits per heavy atom. The number of hydrogen-bond acceptors (Lipinski definition) is 4. The van der Waals surface area contributed by atoms with E-state index in [2.05, 4.69) is 13.8 Å². The molecule has 1 aliphatic heterocycles. The van der Waals surface area contributed by atoms with Crippen LogP contribution in [0.5, 0.6) is 0 Å². The van der Waals surface area contributed by atoms with E-state index in [-0.39, 0.29) is 29.7 Å². The Bertz CT molecular complexity index is 1020. The Morgan fingerprint density at radius 3 is 2.33 bits per heavy atom. The molecule has 2 aliphatic rings. The van der Waals surface area contributed by atoms with Gasteiger partial charge >= 0.3 is 5.97 Å². The molecule has 0 saturated carbocycles. The second kappa shape index (κ2) is 8.02. The first-order chi connectivity index (χ1) is 14.4. The number of allylic oxidation sites excluding steroid dienone is 2. The van der Waals surface area contributed by atoms with Gasteiger partial charge in [-0.05, 0) is 29.9 Å². The molecule has 4 nitrogen and oxygen atoms in total.